The summed E-state index contributed by atoms with van der Waals surface area (Å²) >= 11 is 5.87. The number of carbonyl (C=O) groups excluding carboxylic acids is 1. The summed E-state index contributed by atoms with van der Waals surface area (Å²) in [6.45, 7) is 0.707. The number of hydrogen-bond donors (Lipinski definition) is 0. The molecule has 0 aliphatic rings. The van der Waals surface area contributed by atoms with Gasteiger partial charge >= 0.3 is 0 Å². The van der Waals surface area contributed by atoms with Gasteiger partial charge in [0.05, 0.1) is 19.1 Å². The van der Waals surface area contributed by atoms with Crippen molar-refractivity contribution >= 4 is 33.2 Å². The van der Waals surface area contributed by atoms with Crippen molar-refractivity contribution in [3.05, 3.63) is 59.1 Å². The van der Waals surface area contributed by atoms with E-state index in [0.717, 1.165) is 17.6 Å². The van der Waals surface area contributed by atoms with Gasteiger partial charge in [-0.15, -0.1) is 0 Å². The lowest BCUT2D eigenvalue weighted by Gasteiger charge is -2.23. The average Bonchev–Trinajstić information content (AvgIpc) is 2.65. The summed E-state index contributed by atoms with van der Waals surface area (Å²) in [4.78, 5) is 14.0. The summed E-state index contributed by atoms with van der Waals surface area (Å²) in [5.74, 6) is 0.723. The summed E-state index contributed by atoms with van der Waals surface area (Å²) in [6.07, 6.45) is 1.83. The predicted molar refractivity (Wildman–Crippen MR) is 112 cm³/mol. The number of amides is 1. The fourth-order valence-corrected chi connectivity index (χ4v) is 3.84. The molecule has 2 rings (SSSR count). The van der Waals surface area contributed by atoms with Gasteiger partial charge in [-0.05, 0) is 48.4 Å². The first-order chi connectivity index (χ1) is 13.2. The van der Waals surface area contributed by atoms with Crippen LogP contribution in [-0.4, -0.2) is 46.2 Å². The number of carbonyl (C=O) groups is 1. The molecule has 0 aliphatic carbocycles. The second-order valence-electron chi connectivity index (χ2n) is 6.51. The number of halogens is 1. The van der Waals surface area contributed by atoms with E-state index in [1.165, 1.54) is 4.31 Å². The monoisotopic (exact) mass is 424 g/mol. The van der Waals surface area contributed by atoms with E-state index in [1.807, 2.05) is 24.3 Å². The van der Waals surface area contributed by atoms with Crippen LogP contribution in [0.25, 0.3) is 0 Å². The number of benzene rings is 2. The first-order valence-corrected chi connectivity index (χ1v) is 11.0. The van der Waals surface area contributed by atoms with E-state index in [0.29, 0.717) is 23.7 Å². The molecule has 1 amide bonds. The highest BCUT2D eigenvalue weighted by molar-refractivity contribution is 7.92. The molecule has 0 heterocycles. The van der Waals surface area contributed by atoms with E-state index in [2.05, 4.69) is 0 Å². The van der Waals surface area contributed by atoms with Crippen molar-refractivity contribution in [2.45, 2.75) is 19.4 Å². The van der Waals surface area contributed by atoms with Gasteiger partial charge in [-0.25, -0.2) is 8.42 Å². The van der Waals surface area contributed by atoms with Gasteiger partial charge in [0.15, 0.2) is 0 Å². The van der Waals surface area contributed by atoms with Gasteiger partial charge in [0.1, 0.15) is 5.75 Å². The maximum Gasteiger partial charge on any atom is 0.232 e. The van der Waals surface area contributed by atoms with Crippen LogP contribution < -0.4 is 9.04 Å². The zero-order valence-electron chi connectivity index (χ0n) is 16.3. The summed E-state index contributed by atoms with van der Waals surface area (Å²) in [7, 11) is -0.109. The highest BCUT2D eigenvalue weighted by Gasteiger charge is 2.18. The Hall–Kier alpha value is -2.25. The zero-order valence-corrected chi connectivity index (χ0v) is 17.8. The molecule has 8 heteroatoms. The Kier molecular flexibility index (Phi) is 7.71. The van der Waals surface area contributed by atoms with E-state index < -0.39 is 10.0 Å². The molecule has 0 aromatic heterocycles. The van der Waals surface area contributed by atoms with Crippen LogP contribution in [0, 0.1) is 0 Å². The van der Waals surface area contributed by atoms with Crippen LogP contribution >= 0.6 is 11.6 Å². The van der Waals surface area contributed by atoms with E-state index in [9.17, 15) is 13.2 Å². The molecule has 152 valence electrons. The maximum atomic E-state index is 12.4. The fourth-order valence-electron chi connectivity index (χ4n) is 2.75. The molecule has 0 N–H and O–H groups in total. The number of nitrogens with zero attached hydrogens (tertiary/aromatic N) is 2. The molecular weight excluding hydrogens is 400 g/mol. The van der Waals surface area contributed by atoms with Crippen LogP contribution in [0.1, 0.15) is 18.4 Å². The van der Waals surface area contributed by atoms with Gasteiger partial charge in [-0.1, -0.05) is 23.7 Å². The zero-order chi connectivity index (χ0) is 20.7. The second kappa shape index (κ2) is 9.80. The molecule has 0 fully saturated rings. The molecular formula is C20H25ClN2O4S. The van der Waals surface area contributed by atoms with Crippen molar-refractivity contribution in [2.24, 2.45) is 0 Å². The Morgan fingerprint density at radius 3 is 2.21 bits per heavy atom. The van der Waals surface area contributed by atoms with Crippen LogP contribution in [0.4, 0.5) is 5.69 Å². The Bertz CT molecular complexity index is 883. The normalized spacial score (nSPS) is 11.1. The first-order valence-electron chi connectivity index (χ1n) is 8.81. The summed E-state index contributed by atoms with van der Waals surface area (Å²) in [5, 5.41) is 0.535. The number of anilines is 1. The predicted octanol–water partition coefficient (Wildman–Crippen LogP) is 3.55. The van der Waals surface area contributed by atoms with Crippen LogP contribution in [0.3, 0.4) is 0 Å². The summed E-state index contributed by atoms with van der Waals surface area (Å²) in [6, 6.07) is 14.1. The Morgan fingerprint density at radius 1 is 1.07 bits per heavy atom. The Balaban J connectivity index is 1.91. The van der Waals surface area contributed by atoms with Crippen molar-refractivity contribution in [1.82, 2.24) is 4.90 Å². The lowest BCUT2D eigenvalue weighted by atomic mass is 10.2. The number of methoxy groups -OCH3 is 1. The van der Waals surface area contributed by atoms with E-state index in [-0.39, 0.29) is 18.9 Å². The molecule has 0 aliphatic heterocycles. The van der Waals surface area contributed by atoms with Gasteiger partial charge in [-0.2, -0.15) is 0 Å². The molecule has 2 aromatic carbocycles. The number of hydrogen-bond acceptors (Lipinski definition) is 4. The smallest absolute Gasteiger partial charge is 0.232 e. The van der Waals surface area contributed by atoms with E-state index >= 15 is 0 Å². The number of rotatable bonds is 9. The Morgan fingerprint density at radius 2 is 1.68 bits per heavy atom. The Labute approximate surface area is 171 Å². The molecule has 0 spiro atoms. The average molecular weight is 425 g/mol. The molecule has 0 saturated heterocycles. The van der Waals surface area contributed by atoms with E-state index in [1.54, 1.807) is 43.3 Å². The van der Waals surface area contributed by atoms with Crippen molar-refractivity contribution in [2.75, 3.05) is 31.3 Å². The van der Waals surface area contributed by atoms with Crippen LogP contribution in [0.5, 0.6) is 5.75 Å². The van der Waals surface area contributed by atoms with E-state index in [4.69, 9.17) is 16.3 Å². The lowest BCUT2D eigenvalue weighted by Crippen LogP contribution is -2.32. The summed E-state index contributed by atoms with van der Waals surface area (Å²) in [5.41, 5.74) is 1.53. The molecule has 28 heavy (non-hydrogen) atoms. The van der Waals surface area contributed by atoms with Crippen molar-refractivity contribution in [3.63, 3.8) is 0 Å². The van der Waals surface area contributed by atoms with Gasteiger partial charge < -0.3 is 9.64 Å². The summed E-state index contributed by atoms with van der Waals surface area (Å²) < 4.78 is 30.6. The van der Waals surface area contributed by atoms with Crippen molar-refractivity contribution in [1.29, 1.82) is 0 Å². The van der Waals surface area contributed by atoms with Gasteiger partial charge in [0.25, 0.3) is 0 Å². The molecule has 0 saturated carbocycles. The SMILES string of the molecule is COc1ccc(CN(C)C(=O)CCCN(c2ccc(Cl)cc2)S(C)(=O)=O)cc1. The lowest BCUT2D eigenvalue weighted by molar-refractivity contribution is -0.130. The van der Waals surface area contributed by atoms with Crippen LogP contribution in [0.15, 0.2) is 48.5 Å². The number of ether oxygens (including phenoxy) is 1. The molecule has 0 unspecified atom stereocenters. The minimum atomic E-state index is -3.45. The largest absolute Gasteiger partial charge is 0.497 e. The second-order valence-corrected chi connectivity index (χ2v) is 8.86. The molecule has 0 radical (unpaired) electrons. The van der Waals surface area contributed by atoms with Crippen molar-refractivity contribution < 1.29 is 17.9 Å². The number of sulfonamides is 1. The molecule has 0 atom stereocenters. The fraction of sp³-hybridized carbons (Fsp3) is 0.350. The van der Waals surface area contributed by atoms with Crippen molar-refractivity contribution in [3.8, 4) is 5.75 Å². The van der Waals surface area contributed by atoms with Gasteiger partial charge in [0, 0.05) is 31.6 Å². The first kappa shape index (κ1) is 22.0. The highest BCUT2D eigenvalue weighted by atomic mass is 35.5. The third-order valence-electron chi connectivity index (χ3n) is 4.27. The van der Waals surface area contributed by atoms with Gasteiger partial charge in [0.2, 0.25) is 15.9 Å². The third-order valence-corrected chi connectivity index (χ3v) is 5.72. The topological polar surface area (TPSA) is 66.9 Å². The quantitative estimate of drug-likeness (QED) is 0.617. The maximum absolute atomic E-state index is 12.4. The van der Waals surface area contributed by atoms with Gasteiger partial charge in [-0.3, -0.25) is 9.10 Å². The molecule has 6 nitrogen and oxygen atoms in total. The van der Waals surface area contributed by atoms with Crippen LogP contribution in [-0.2, 0) is 21.4 Å². The standard InChI is InChI=1S/C20H25ClN2O4S/c1-22(15-16-6-12-19(27-2)13-7-16)20(24)5-4-14-23(28(3,25)26)18-10-8-17(21)9-11-18/h6-13H,4-5,14-15H2,1-3H3. The van der Waals surface area contributed by atoms with Crippen LogP contribution in [0.2, 0.25) is 5.02 Å². The minimum Gasteiger partial charge on any atom is -0.497 e. The third kappa shape index (κ3) is 6.42. The molecule has 2 aromatic rings. The highest BCUT2D eigenvalue weighted by Crippen LogP contribution is 2.21. The molecule has 0 bridgehead atoms. The minimum absolute atomic E-state index is 0.0413.